The van der Waals surface area contributed by atoms with Gasteiger partial charge in [0.25, 0.3) is 0 Å². The third kappa shape index (κ3) is 3.36. The average molecular weight is 443 g/mol. The number of rotatable bonds is 4. The first kappa shape index (κ1) is 17.4. The van der Waals surface area contributed by atoms with E-state index in [1.807, 2.05) is 6.92 Å². The molecule has 2 aromatic heterocycles. The summed E-state index contributed by atoms with van der Waals surface area (Å²) in [7, 11) is 1.80. The van der Waals surface area contributed by atoms with E-state index in [0.717, 1.165) is 12.8 Å². The molecule has 32 heavy (non-hydrogen) atoms. The summed E-state index contributed by atoms with van der Waals surface area (Å²) in [6.07, 6.45) is 2.80. The maximum Gasteiger partial charge on any atom is 0.205 e. The summed E-state index contributed by atoms with van der Waals surface area (Å²) in [6.45, 7) is 1.51. The van der Waals surface area contributed by atoms with Gasteiger partial charge in [-0.15, -0.1) is 20.4 Å². The van der Waals surface area contributed by atoms with Gasteiger partial charge >= 0.3 is 0 Å². The fourth-order valence-corrected chi connectivity index (χ4v) is 4.95. The summed E-state index contributed by atoms with van der Waals surface area (Å²) < 4.78 is 37.4. The maximum atomic E-state index is 15.4. The molecule has 2 saturated heterocycles. The number of benzene rings is 1. The number of hydrogen-bond acceptors (Lipinski definition) is 9. The molecule has 2 bridgehead atoms. The van der Waals surface area contributed by atoms with Gasteiger partial charge < -0.3 is 15.3 Å². The number of halogens is 1. The van der Waals surface area contributed by atoms with Crippen molar-refractivity contribution in [2.75, 3.05) is 11.9 Å². The number of hydrogen-bond donors (Lipinski definition) is 2. The molecule has 11 heteroatoms. The zero-order valence-corrected chi connectivity index (χ0v) is 18.0. The maximum absolute atomic E-state index is 15.4. The van der Waals surface area contributed by atoms with E-state index in [-0.39, 0.29) is 29.0 Å². The van der Waals surface area contributed by atoms with Gasteiger partial charge in [-0.2, -0.15) is 4.80 Å². The quantitative estimate of drug-likeness (QED) is 0.624. The van der Waals surface area contributed by atoms with E-state index in [9.17, 15) is 5.11 Å². The Labute approximate surface area is 189 Å². The van der Waals surface area contributed by atoms with Gasteiger partial charge in [-0.3, -0.25) is 0 Å². The van der Waals surface area contributed by atoms with Crippen LogP contribution in [0, 0.1) is 0 Å². The van der Waals surface area contributed by atoms with Crippen LogP contribution in [0.25, 0.3) is 22.8 Å². The van der Waals surface area contributed by atoms with Crippen molar-refractivity contribution in [3.8, 4) is 28.5 Å². The van der Waals surface area contributed by atoms with Crippen LogP contribution in [0.15, 0.2) is 24.4 Å². The lowest BCUT2D eigenvalue weighted by atomic mass is 9.82. The summed E-state index contributed by atoms with van der Waals surface area (Å²) >= 11 is 0. The van der Waals surface area contributed by atoms with Gasteiger partial charge in [-0.25, -0.2) is 9.37 Å². The summed E-state index contributed by atoms with van der Waals surface area (Å²) in [4.78, 5) is 6.67. The Morgan fingerprint density at radius 1 is 1.25 bits per heavy atom. The number of tetrazole rings is 1. The van der Waals surface area contributed by atoms with Gasteiger partial charge in [0.1, 0.15) is 11.9 Å². The number of phenolic OH excluding ortho intramolecular Hbond substituents is 1. The van der Waals surface area contributed by atoms with E-state index in [0.29, 0.717) is 28.2 Å². The molecule has 0 unspecified atom stereocenters. The van der Waals surface area contributed by atoms with E-state index < -0.39 is 18.7 Å². The predicted octanol–water partition coefficient (Wildman–Crippen LogP) is 1.88. The van der Waals surface area contributed by atoms with Crippen molar-refractivity contribution in [2.24, 2.45) is 6.98 Å². The van der Waals surface area contributed by atoms with Crippen LogP contribution < -0.4 is 10.2 Å². The van der Waals surface area contributed by atoms with Crippen LogP contribution in [0.2, 0.25) is 0 Å². The lowest BCUT2D eigenvalue weighted by Gasteiger charge is -2.47. The second-order valence-corrected chi connectivity index (χ2v) is 9.16. The molecule has 0 aliphatic carbocycles. The lowest BCUT2D eigenvalue weighted by molar-refractivity contribution is 0.0859. The van der Waals surface area contributed by atoms with Gasteiger partial charge in [0.15, 0.2) is 11.6 Å². The fraction of sp³-hybridized carbons (Fsp3) is 0.524. The highest BCUT2D eigenvalue weighted by molar-refractivity contribution is 5.69. The summed E-state index contributed by atoms with van der Waals surface area (Å²) in [5.74, 6) is 0.524. The molecule has 0 radical (unpaired) electrons. The molecule has 10 nitrogen and oxygen atoms in total. The zero-order chi connectivity index (χ0) is 25.2. The molecule has 0 saturated carbocycles. The summed E-state index contributed by atoms with van der Waals surface area (Å²) in [5, 5.41) is 33.5. The second kappa shape index (κ2) is 7.16. The third-order valence-electron chi connectivity index (χ3n) is 6.71. The van der Waals surface area contributed by atoms with Crippen LogP contribution in [-0.4, -0.2) is 70.8 Å². The van der Waals surface area contributed by atoms with Crippen LogP contribution in [0.3, 0.4) is 0 Å². The molecule has 0 amide bonds. The molecule has 4 atom stereocenters. The minimum atomic E-state index is -2.55. The molecule has 3 aromatic rings. The molecule has 2 aliphatic rings. The van der Waals surface area contributed by atoms with E-state index >= 15 is 4.39 Å². The Bertz CT molecular complexity index is 1250. The summed E-state index contributed by atoms with van der Waals surface area (Å²) in [6, 6.07) is 4.17. The lowest BCUT2D eigenvalue weighted by Crippen LogP contribution is -2.65. The SMILES string of the molecule is [2H]C([2H])([2H])n1nnc(-c2ccc(-c3ncc(N(C)[C@H]4C[C@]5(C)CC[C@@](C)(N5)[C@H]4F)nn3)c(O)c2)n1. The van der Waals surface area contributed by atoms with Gasteiger partial charge in [-0.05, 0) is 50.5 Å². The van der Waals surface area contributed by atoms with Crippen molar-refractivity contribution in [1.82, 2.24) is 40.7 Å². The van der Waals surface area contributed by atoms with E-state index in [1.54, 1.807) is 24.1 Å². The number of alkyl halides is 1. The molecular formula is C21H26FN9O. The third-order valence-corrected chi connectivity index (χ3v) is 6.71. The number of aromatic hydroxyl groups is 1. The first-order chi connectivity index (χ1) is 16.4. The average Bonchev–Trinajstić information content (AvgIpc) is 3.40. The van der Waals surface area contributed by atoms with Gasteiger partial charge in [-0.1, -0.05) is 6.07 Å². The van der Waals surface area contributed by atoms with Crippen molar-refractivity contribution in [3.05, 3.63) is 24.4 Å². The fourth-order valence-electron chi connectivity index (χ4n) is 4.95. The number of phenols is 1. The normalized spacial score (nSPS) is 31.1. The molecule has 4 heterocycles. The minimum Gasteiger partial charge on any atom is -0.507 e. The molecule has 5 rings (SSSR count). The number of nitrogens with zero attached hydrogens (tertiary/aromatic N) is 8. The Hall–Kier alpha value is -3.21. The van der Waals surface area contributed by atoms with Crippen molar-refractivity contribution >= 4 is 5.82 Å². The van der Waals surface area contributed by atoms with Crippen molar-refractivity contribution in [3.63, 3.8) is 0 Å². The summed E-state index contributed by atoms with van der Waals surface area (Å²) in [5.41, 5.74) is 0.0164. The number of aryl methyl sites for hydroxylation is 1. The Morgan fingerprint density at radius 3 is 2.78 bits per heavy atom. The van der Waals surface area contributed by atoms with E-state index in [4.69, 9.17) is 4.11 Å². The van der Waals surface area contributed by atoms with Crippen LogP contribution in [-0.2, 0) is 6.98 Å². The zero-order valence-electron chi connectivity index (χ0n) is 21.0. The molecule has 168 valence electrons. The highest BCUT2D eigenvalue weighted by Gasteiger charge is 2.56. The molecule has 0 spiro atoms. The largest absolute Gasteiger partial charge is 0.507 e. The van der Waals surface area contributed by atoms with Gasteiger partial charge in [0, 0.05) is 27.8 Å². The van der Waals surface area contributed by atoms with Crippen LogP contribution in [0.1, 0.15) is 37.2 Å². The standard InChI is InChI=1S/C21H26FN9O/c1-20-7-8-21(2,28-20)17(22)14(10-20)30(3)16-11-23-19(25-24-16)13-6-5-12(9-15(13)32)18-26-29-31(4)27-18/h5-6,9,11,14,17,28,32H,7-8,10H2,1-4H3/t14-,17-,20-,21+/m0/s1/i4D3. The number of piperidine rings is 1. The number of nitrogens with one attached hydrogen (secondary N) is 1. The predicted molar refractivity (Wildman–Crippen MR) is 116 cm³/mol. The first-order valence-corrected chi connectivity index (χ1v) is 10.4. The van der Waals surface area contributed by atoms with Crippen LogP contribution in [0.4, 0.5) is 10.2 Å². The van der Waals surface area contributed by atoms with Crippen molar-refractivity contribution < 1.29 is 13.6 Å². The van der Waals surface area contributed by atoms with Crippen molar-refractivity contribution in [1.29, 1.82) is 0 Å². The smallest absolute Gasteiger partial charge is 0.205 e. The first-order valence-electron chi connectivity index (χ1n) is 11.9. The van der Waals surface area contributed by atoms with Crippen molar-refractivity contribution in [2.45, 2.75) is 56.4 Å². The minimum absolute atomic E-state index is 0.0538. The molecule has 1 aromatic carbocycles. The van der Waals surface area contributed by atoms with Gasteiger partial charge in [0.05, 0.1) is 24.8 Å². The molecule has 2 aliphatic heterocycles. The Morgan fingerprint density at radius 2 is 2.09 bits per heavy atom. The van der Waals surface area contributed by atoms with E-state index in [1.165, 1.54) is 12.3 Å². The second-order valence-electron chi connectivity index (χ2n) is 9.16. The number of fused-ring (bicyclic) bond motifs is 2. The Kier molecular flexibility index (Phi) is 3.88. The Balaban J connectivity index is 1.36. The monoisotopic (exact) mass is 442 g/mol. The van der Waals surface area contributed by atoms with Gasteiger partial charge in [0.2, 0.25) is 5.82 Å². The highest BCUT2D eigenvalue weighted by Crippen LogP contribution is 2.45. The topological polar surface area (TPSA) is 118 Å². The van der Waals surface area contributed by atoms with E-state index in [2.05, 4.69) is 42.8 Å². The highest BCUT2D eigenvalue weighted by atomic mass is 19.1. The molecule has 2 N–H and O–H groups in total. The number of anilines is 1. The van der Waals surface area contributed by atoms with Crippen LogP contribution in [0.5, 0.6) is 5.75 Å². The van der Waals surface area contributed by atoms with Crippen LogP contribution >= 0.6 is 0 Å². The molecule has 2 fully saturated rings. The number of aromatic nitrogens is 7. The molecular weight excluding hydrogens is 413 g/mol.